The molecule has 0 amide bonds. The highest BCUT2D eigenvalue weighted by molar-refractivity contribution is 7.16. The monoisotopic (exact) mass is 477 g/mol. The van der Waals surface area contributed by atoms with Gasteiger partial charge in [0.1, 0.15) is 5.75 Å². The van der Waals surface area contributed by atoms with Crippen molar-refractivity contribution in [3.63, 3.8) is 0 Å². The fourth-order valence-electron chi connectivity index (χ4n) is 4.20. The van der Waals surface area contributed by atoms with Crippen LogP contribution in [0.4, 0.5) is 5.00 Å². The van der Waals surface area contributed by atoms with Crippen molar-refractivity contribution < 1.29 is 4.74 Å². The number of unbranched alkanes of at least 4 members (excludes halogenated alkanes) is 1. The lowest BCUT2D eigenvalue weighted by Crippen LogP contribution is -2.22. The average molecular weight is 478 g/mol. The number of fused-ring (bicyclic) bond motifs is 1. The van der Waals surface area contributed by atoms with Gasteiger partial charge in [-0.15, -0.1) is 21.1 Å². The number of methoxy groups -OCH3 is 1. The van der Waals surface area contributed by atoms with Gasteiger partial charge in [0.25, 0.3) is 0 Å². The lowest BCUT2D eigenvalue weighted by atomic mass is 9.91. The zero-order valence-electron chi connectivity index (χ0n) is 21.3. The van der Waals surface area contributed by atoms with E-state index in [4.69, 9.17) is 19.9 Å². The van der Waals surface area contributed by atoms with Crippen LogP contribution in [0.1, 0.15) is 63.6 Å². The van der Waals surface area contributed by atoms with E-state index in [9.17, 15) is 0 Å². The topological polar surface area (TPSA) is 55.6 Å². The Balaban J connectivity index is 1.83. The van der Waals surface area contributed by atoms with Crippen LogP contribution in [0.2, 0.25) is 0 Å². The van der Waals surface area contributed by atoms with Crippen molar-refractivity contribution in [3.05, 3.63) is 51.7 Å². The Morgan fingerprint density at radius 3 is 2.59 bits per heavy atom. The van der Waals surface area contributed by atoms with Gasteiger partial charge in [0.2, 0.25) is 0 Å². The van der Waals surface area contributed by atoms with Crippen LogP contribution < -0.4 is 14.9 Å². The van der Waals surface area contributed by atoms with Crippen molar-refractivity contribution in [2.75, 3.05) is 25.1 Å². The number of aryl methyl sites for hydroxylation is 1. The minimum Gasteiger partial charge on any atom is -0.496 e. The summed E-state index contributed by atoms with van der Waals surface area (Å²) in [7, 11) is 1.69. The van der Waals surface area contributed by atoms with E-state index in [2.05, 4.69) is 57.7 Å². The Hall–Kier alpha value is -2.93. The van der Waals surface area contributed by atoms with Crippen LogP contribution in [0.25, 0.3) is 23.1 Å². The van der Waals surface area contributed by atoms with Crippen LogP contribution in [0.15, 0.2) is 30.3 Å². The van der Waals surface area contributed by atoms with E-state index >= 15 is 0 Å². The van der Waals surface area contributed by atoms with Gasteiger partial charge in [-0.25, -0.2) is 4.98 Å². The van der Waals surface area contributed by atoms with Gasteiger partial charge in [0.15, 0.2) is 11.5 Å². The van der Waals surface area contributed by atoms with Crippen molar-refractivity contribution in [2.45, 2.75) is 59.8 Å². The number of benzene rings is 1. The number of aromatic nitrogens is 4. The van der Waals surface area contributed by atoms with E-state index in [0.29, 0.717) is 5.82 Å². The predicted octanol–water partition coefficient (Wildman–Crippen LogP) is 5.64. The molecule has 3 aromatic heterocycles. The first-order valence-electron chi connectivity index (χ1n) is 12.0. The van der Waals surface area contributed by atoms with E-state index in [-0.39, 0.29) is 5.41 Å². The molecule has 0 spiro atoms. The molecule has 0 aliphatic heterocycles. The highest BCUT2D eigenvalue weighted by Crippen LogP contribution is 2.31. The van der Waals surface area contributed by atoms with Crippen LogP contribution in [-0.2, 0) is 5.41 Å². The molecule has 0 N–H and O–H groups in total. The molecular formula is C27H35N5OS. The normalized spacial score (nSPS) is 12.6. The van der Waals surface area contributed by atoms with E-state index in [0.717, 1.165) is 46.5 Å². The lowest BCUT2D eigenvalue weighted by molar-refractivity contribution is 0.413. The molecule has 0 saturated carbocycles. The van der Waals surface area contributed by atoms with Crippen molar-refractivity contribution in [3.8, 4) is 17.1 Å². The SMILES string of the molecule is CCCCN(CC)c1ccc(/C=c2/c(C(C)(C)C)nn3nc(-c4cccc(C)c4OC)nc23)s1. The molecule has 0 atom stereocenters. The van der Waals surface area contributed by atoms with Gasteiger partial charge in [0.05, 0.1) is 23.4 Å². The Morgan fingerprint density at radius 2 is 1.91 bits per heavy atom. The minimum absolute atomic E-state index is 0.133. The van der Waals surface area contributed by atoms with Crippen LogP contribution in [0, 0.1) is 6.92 Å². The van der Waals surface area contributed by atoms with Gasteiger partial charge in [-0.1, -0.05) is 46.2 Å². The molecule has 0 fully saturated rings. The summed E-state index contributed by atoms with van der Waals surface area (Å²) in [5.41, 5.74) is 3.57. The molecule has 0 bridgehead atoms. The summed E-state index contributed by atoms with van der Waals surface area (Å²) >= 11 is 1.82. The number of nitrogens with zero attached hydrogens (tertiary/aromatic N) is 5. The maximum atomic E-state index is 5.65. The molecule has 0 radical (unpaired) electrons. The Morgan fingerprint density at radius 1 is 1.12 bits per heavy atom. The van der Waals surface area contributed by atoms with Crippen molar-refractivity contribution in [1.29, 1.82) is 0 Å². The largest absolute Gasteiger partial charge is 0.496 e. The number of hydrogen-bond donors (Lipinski definition) is 0. The quantitative estimate of drug-likeness (QED) is 0.329. The molecule has 0 unspecified atom stereocenters. The molecule has 7 heteroatoms. The second-order valence-corrected chi connectivity index (χ2v) is 10.8. The van der Waals surface area contributed by atoms with Gasteiger partial charge in [0, 0.05) is 28.6 Å². The fourth-order valence-corrected chi connectivity index (χ4v) is 5.24. The molecule has 0 aliphatic carbocycles. The summed E-state index contributed by atoms with van der Waals surface area (Å²) in [6, 6.07) is 10.5. The second-order valence-electron chi connectivity index (χ2n) is 9.67. The van der Waals surface area contributed by atoms with Gasteiger partial charge >= 0.3 is 0 Å². The summed E-state index contributed by atoms with van der Waals surface area (Å²) in [4.78, 5) is 8.58. The Labute approximate surface area is 206 Å². The van der Waals surface area contributed by atoms with Gasteiger partial charge in [-0.05, 0) is 50.1 Å². The summed E-state index contributed by atoms with van der Waals surface area (Å²) in [6.45, 7) is 15.1. The molecular weight excluding hydrogens is 442 g/mol. The van der Waals surface area contributed by atoms with Crippen LogP contribution in [-0.4, -0.2) is 40.0 Å². The van der Waals surface area contributed by atoms with Crippen molar-refractivity contribution in [1.82, 2.24) is 19.8 Å². The molecule has 3 heterocycles. The number of para-hydroxylation sites is 1. The lowest BCUT2D eigenvalue weighted by Gasteiger charge is -2.20. The Bertz CT molecular complexity index is 1330. The molecule has 0 aliphatic rings. The van der Waals surface area contributed by atoms with Gasteiger partial charge < -0.3 is 9.64 Å². The summed E-state index contributed by atoms with van der Waals surface area (Å²) < 4.78 is 7.33. The molecule has 0 saturated heterocycles. The molecule has 180 valence electrons. The fraction of sp³-hybridized carbons (Fsp3) is 0.444. The first-order chi connectivity index (χ1) is 16.3. The van der Waals surface area contributed by atoms with E-state index < -0.39 is 0 Å². The average Bonchev–Trinajstić information content (AvgIpc) is 3.50. The molecule has 4 aromatic rings. The number of thiophene rings is 1. The zero-order valence-corrected chi connectivity index (χ0v) is 22.2. The van der Waals surface area contributed by atoms with E-state index in [1.807, 2.05) is 36.5 Å². The third-order valence-electron chi connectivity index (χ3n) is 6.02. The van der Waals surface area contributed by atoms with Crippen LogP contribution >= 0.6 is 11.3 Å². The maximum absolute atomic E-state index is 5.65. The summed E-state index contributed by atoms with van der Waals surface area (Å²) in [5, 5.41) is 11.9. The van der Waals surface area contributed by atoms with E-state index in [1.54, 1.807) is 11.7 Å². The van der Waals surface area contributed by atoms with Gasteiger partial charge in [-0.2, -0.15) is 5.10 Å². The van der Waals surface area contributed by atoms with Crippen LogP contribution in [0.5, 0.6) is 5.75 Å². The highest BCUT2D eigenvalue weighted by Gasteiger charge is 2.24. The van der Waals surface area contributed by atoms with Crippen molar-refractivity contribution >= 4 is 28.1 Å². The van der Waals surface area contributed by atoms with E-state index in [1.165, 1.54) is 22.7 Å². The predicted molar refractivity (Wildman–Crippen MR) is 142 cm³/mol. The first-order valence-corrected chi connectivity index (χ1v) is 12.9. The van der Waals surface area contributed by atoms with Crippen LogP contribution in [0.3, 0.4) is 0 Å². The molecule has 4 rings (SSSR count). The third-order valence-corrected chi connectivity index (χ3v) is 7.12. The molecule has 6 nitrogen and oxygen atoms in total. The van der Waals surface area contributed by atoms with Crippen molar-refractivity contribution in [2.24, 2.45) is 0 Å². The maximum Gasteiger partial charge on any atom is 0.187 e. The second kappa shape index (κ2) is 9.74. The smallest absolute Gasteiger partial charge is 0.187 e. The third kappa shape index (κ3) is 4.67. The van der Waals surface area contributed by atoms with Gasteiger partial charge in [-0.3, -0.25) is 0 Å². The number of ether oxygens (including phenoxy) is 1. The Kier molecular flexibility index (Phi) is 6.94. The summed E-state index contributed by atoms with van der Waals surface area (Å²) in [5.74, 6) is 1.42. The summed E-state index contributed by atoms with van der Waals surface area (Å²) in [6.07, 6.45) is 4.63. The minimum atomic E-state index is -0.133. The standard InChI is InChI=1S/C27H35N5OS/c1-8-10-16-31(9-2)22-15-14-19(34-22)17-21-24(27(4,5)6)29-32-26(21)28-25(30-32)20-13-11-12-18(3)23(20)33-7/h11-15,17H,8-10,16H2,1-7H3/b21-17-. The number of rotatable bonds is 8. The zero-order chi connectivity index (χ0) is 24.5. The number of hydrogen-bond acceptors (Lipinski definition) is 6. The molecule has 1 aromatic carbocycles. The first kappa shape index (κ1) is 24.2. The number of anilines is 1. The highest BCUT2D eigenvalue weighted by atomic mass is 32.1. The molecule has 34 heavy (non-hydrogen) atoms.